The van der Waals surface area contributed by atoms with Gasteiger partial charge in [-0.2, -0.15) is 0 Å². The van der Waals surface area contributed by atoms with Gasteiger partial charge < -0.3 is 16.0 Å². The summed E-state index contributed by atoms with van der Waals surface area (Å²) in [5.74, 6) is 0.128. The van der Waals surface area contributed by atoms with E-state index in [1.807, 2.05) is 11.8 Å². The maximum absolute atomic E-state index is 12.4. The zero-order chi connectivity index (χ0) is 14.3. The summed E-state index contributed by atoms with van der Waals surface area (Å²) < 4.78 is 0. The van der Waals surface area contributed by atoms with Crippen LogP contribution in [0, 0.1) is 5.92 Å². The van der Waals surface area contributed by atoms with Gasteiger partial charge in [0.25, 0.3) is 0 Å². The molecular formula is C15H26ClN3O2. The van der Waals surface area contributed by atoms with Crippen LogP contribution in [0.3, 0.4) is 0 Å². The molecule has 2 amide bonds. The predicted molar refractivity (Wildman–Crippen MR) is 83.1 cm³/mol. The summed E-state index contributed by atoms with van der Waals surface area (Å²) in [6.45, 7) is 2.66. The van der Waals surface area contributed by atoms with Crippen molar-refractivity contribution in [3.8, 4) is 0 Å². The van der Waals surface area contributed by atoms with Gasteiger partial charge in [0.2, 0.25) is 11.8 Å². The Labute approximate surface area is 132 Å². The van der Waals surface area contributed by atoms with Gasteiger partial charge in [0, 0.05) is 24.5 Å². The lowest BCUT2D eigenvalue weighted by Crippen LogP contribution is -2.54. The van der Waals surface area contributed by atoms with Crippen molar-refractivity contribution in [2.45, 2.75) is 69.5 Å². The van der Waals surface area contributed by atoms with E-state index >= 15 is 0 Å². The number of carbonyl (C=O) groups excluding carboxylic acids is 2. The normalized spacial score (nSPS) is 36.3. The number of hydrogen-bond acceptors (Lipinski definition) is 3. The number of nitrogens with two attached hydrogens (primary N) is 1. The zero-order valence-corrected chi connectivity index (χ0v) is 13.5. The molecule has 0 radical (unpaired) electrons. The first kappa shape index (κ1) is 16.6. The number of rotatable bonds is 3. The van der Waals surface area contributed by atoms with Crippen molar-refractivity contribution in [2.75, 3.05) is 6.54 Å². The fourth-order valence-electron chi connectivity index (χ4n) is 3.66. The molecule has 0 aromatic rings. The SMILES string of the molecule is CC1(N)CCCCC1C(=O)NC1CC(=O)N(C2CC2)C1.Cl. The third-order valence-corrected chi connectivity index (χ3v) is 5.06. The Kier molecular flexibility index (Phi) is 4.83. The van der Waals surface area contributed by atoms with E-state index in [1.165, 1.54) is 0 Å². The average Bonchev–Trinajstić information content (AvgIpc) is 3.13. The lowest BCUT2D eigenvalue weighted by molar-refractivity contribution is -0.128. The van der Waals surface area contributed by atoms with E-state index in [0.29, 0.717) is 19.0 Å². The molecule has 3 fully saturated rings. The Bertz CT molecular complexity index is 423. The molecule has 0 aromatic heterocycles. The molecule has 1 saturated heterocycles. The molecule has 21 heavy (non-hydrogen) atoms. The summed E-state index contributed by atoms with van der Waals surface area (Å²) >= 11 is 0. The molecule has 3 rings (SSSR count). The highest BCUT2D eigenvalue weighted by Crippen LogP contribution is 2.33. The van der Waals surface area contributed by atoms with Gasteiger partial charge in [-0.25, -0.2) is 0 Å². The lowest BCUT2D eigenvalue weighted by Gasteiger charge is -2.37. The first-order valence-corrected chi connectivity index (χ1v) is 7.86. The monoisotopic (exact) mass is 315 g/mol. The Balaban J connectivity index is 0.00000161. The first-order chi connectivity index (χ1) is 9.47. The molecule has 0 spiro atoms. The van der Waals surface area contributed by atoms with Gasteiger partial charge in [-0.1, -0.05) is 12.8 Å². The van der Waals surface area contributed by atoms with E-state index in [9.17, 15) is 9.59 Å². The molecular weight excluding hydrogens is 290 g/mol. The number of halogens is 1. The molecule has 3 aliphatic rings. The Morgan fingerprint density at radius 2 is 2.05 bits per heavy atom. The quantitative estimate of drug-likeness (QED) is 0.821. The third kappa shape index (κ3) is 3.51. The molecule has 3 N–H and O–H groups in total. The molecule has 6 heteroatoms. The number of carbonyl (C=O) groups is 2. The molecule has 2 aliphatic carbocycles. The molecule has 0 aromatic carbocycles. The van der Waals surface area contributed by atoms with Crippen LogP contribution in [0.5, 0.6) is 0 Å². The van der Waals surface area contributed by atoms with Crippen LogP contribution < -0.4 is 11.1 Å². The molecule has 1 heterocycles. The second-order valence-corrected chi connectivity index (χ2v) is 6.99. The number of likely N-dealkylation sites (tertiary alicyclic amines) is 1. The van der Waals surface area contributed by atoms with Gasteiger partial charge in [-0.3, -0.25) is 9.59 Å². The zero-order valence-electron chi connectivity index (χ0n) is 12.6. The maximum Gasteiger partial charge on any atom is 0.225 e. The van der Waals surface area contributed by atoms with Crippen molar-refractivity contribution in [1.82, 2.24) is 10.2 Å². The fraction of sp³-hybridized carbons (Fsp3) is 0.867. The van der Waals surface area contributed by atoms with Crippen LogP contribution in [0.2, 0.25) is 0 Å². The minimum atomic E-state index is -0.402. The number of amides is 2. The number of nitrogens with zero attached hydrogens (tertiary/aromatic N) is 1. The van der Waals surface area contributed by atoms with Crippen molar-refractivity contribution in [2.24, 2.45) is 11.7 Å². The van der Waals surface area contributed by atoms with E-state index < -0.39 is 5.54 Å². The molecule has 5 nitrogen and oxygen atoms in total. The van der Waals surface area contributed by atoms with Crippen LogP contribution in [-0.2, 0) is 9.59 Å². The fourth-order valence-corrected chi connectivity index (χ4v) is 3.66. The standard InChI is InChI=1S/C15H25N3O2.ClH/c1-15(16)7-3-2-4-12(15)14(20)17-10-8-13(19)18(9-10)11-5-6-11;/h10-12H,2-9,16H2,1H3,(H,17,20);1H. The summed E-state index contributed by atoms with van der Waals surface area (Å²) in [7, 11) is 0. The van der Waals surface area contributed by atoms with Crippen molar-refractivity contribution in [3.05, 3.63) is 0 Å². The summed E-state index contributed by atoms with van der Waals surface area (Å²) in [6.07, 6.45) is 6.65. The average molecular weight is 316 g/mol. The molecule has 2 saturated carbocycles. The lowest BCUT2D eigenvalue weighted by atomic mass is 9.74. The van der Waals surface area contributed by atoms with E-state index in [4.69, 9.17) is 5.73 Å². The van der Waals surface area contributed by atoms with E-state index in [0.717, 1.165) is 38.5 Å². The Hall–Kier alpha value is -0.810. The number of nitrogens with one attached hydrogen (secondary N) is 1. The van der Waals surface area contributed by atoms with Crippen molar-refractivity contribution >= 4 is 24.2 Å². The van der Waals surface area contributed by atoms with Crippen molar-refractivity contribution in [1.29, 1.82) is 0 Å². The first-order valence-electron chi connectivity index (χ1n) is 7.86. The van der Waals surface area contributed by atoms with Gasteiger partial charge in [-0.05, 0) is 32.6 Å². The molecule has 120 valence electrons. The van der Waals surface area contributed by atoms with Gasteiger partial charge in [-0.15, -0.1) is 12.4 Å². The van der Waals surface area contributed by atoms with E-state index in [2.05, 4.69) is 5.32 Å². The van der Waals surface area contributed by atoms with Gasteiger partial charge in [0.1, 0.15) is 0 Å². The molecule has 0 bridgehead atoms. The highest BCUT2D eigenvalue weighted by molar-refractivity contribution is 5.85. The predicted octanol–water partition coefficient (Wildman–Crippen LogP) is 1.20. The van der Waals surface area contributed by atoms with Crippen LogP contribution in [-0.4, -0.2) is 40.9 Å². The van der Waals surface area contributed by atoms with E-state index in [-0.39, 0.29) is 36.2 Å². The summed E-state index contributed by atoms with van der Waals surface area (Å²) in [5.41, 5.74) is 5.87. The minimum Gasteiger partial charge on any atom is -0.351 e. The number of hydrogen-bond donors (Lipinski definition) is 2. The van der Waals surface area contributed by atoms with Crippen LogP contribution >= 0.6 is 12.4 Å². The van der Waals surface area contributed by atoms with Gasteiger partial charge >= 0.3 is 0 Å². The highest BCUT2D eigenvalue weighted by atomic mass is 35.5. The van der Waals surface area contributed by atoms with Gasteiger partial charge in [0.05, 0.1) is 12.0 Å². The molecule has 3 unspecified atom stereocenters. The maximum atomic E-state index is 12.4. The topological polar surface area (TPSA) is 75.4 Å². The minimum absolute atomic E-state index is 0. The Morgan fingerprint density at radius 3 is 2.67 bits per heavy atom. The van der Waals surface area contributed by atoms with Crippen LogP contribution in [0.4, 0.5) is 0 Å². The van der Waals surface area contributed by atoms with Crippen LogP contribution in [0.15, 0.2) is 0 Å². The van der Waals surface area contributed by atoms with Gasteiger partial charge in [0.15, 0.2) is 0 Å². The molecule has 3 atom stereocenters. The van der Waals surface area contributed by atoms with Crippen molar-refractivity contribution < 1.29 is 9.59 Å². The summed E-state index contributed by atoms with van der Waals surface area (Å²) in [4.78, 5) is 26.3. The third-order valence-electron chi connectivity index (χ3n) is 5.06. The van der Waals surface area contributed by atoms with Crippen molar-refractivity contribution in [3.63, 3.8) is 0 Å². The van der Waals surface area contributed by atoms with Crippen LogP contribution in [0.25, 0.3) is 0 Å². The molecule has 1 aliphatic heterocycles. The summed E-state index contributed by atoms with van der Waals surface area (Å²) in [5, 5.41) is 3.07. The van der Waals surface area contributed by atoms with E-state index in [1.54, 1.807) is 0 Å². The highest BCUT2D eigenvalue weighted by Gasteiger charge is 2.42. The Morgan fingerprint density at radius 1 is 1.33 bits per heavy atom. The smallest absolute Gasteiger partial charge is 0.225 e. The van der Waals surface area contributed by atoms with Crippen LogP contribution in [0.1, 0.15) is 51.9 Å². The largest absolute Gasteiger partial charge is 0.351 e. The summed E-state index contributed by atoms with van der Waals surface area (Å²) in [6, 6.07) is 0.423. The second kappa shape index (κ2) is 6.13. The second-order valence-electron chi connectivity index (χ2n) is 6.99.